The molecule has 0 aromatic heterocycles. The summed E-state index contributed by atoms with van der Waals surface area (Å²) in [4.78, 5) is 24.2. The van der Waals surface area contributed by atoms with E-state index in [-0.39, 0.29) is 11.8 Å². The number of rotatable bonds is 7. The first-order valence-corrected chi connectivity index (χ1v) is 8.24. The summed E-state index contributed by atoms with van der Waals surface area (Å²) < 4.78 is 0. The van der Waals surface area contributed by atoms with Crippen LogP contribution in [0.3, 0.4) is 0 Å². The largest absolute Gasteiger partial charge is 0.330 e. The van der Waals surface area contributed by atoms with Crippen molar-refractivity contribution in [1.82, 2.24) is 0 Å². The third-order valence-corrected chi connectivity index (χ3v) is 4.33. The van der Waals surface area contributed by atoms with Crippen LogP contribution < -0.4 is 16.4 Å². The highest BCUT2D eigenvalue weighted by atomic mass is 32.2. The van der Waals surface area contributed by atoms with Crippen LogP contribution in [0.2, 0.25) is 0 Å². The summed E-state index contributed by atoms with van der Waals surface area (Å²) in [7, 11) is 0. The molecule has 2 amide bonds. The maximum absolute atomic E-state index is 11.8. The van der Waals surface area contributed by atoms with E-state index in [1.54, 1.807) is 0 Å². The molecule has 0 fully saturated rings. The molecule has 1 aromatic carbocycles. The molecule has 0 radical (unpaired) electrons. The molecule has 1 aliphatic rings. The molecule has 0 atom stereocenters. The summed E-state index contributed by atoms with van der Waals surface area (Å²) in [6.07, 6.45) is 4.52. The predicted octanol–water partition coefficient (Wildman–Crippen LogP) is 2.58. The highest BCUT2D eigenvalue weighted by Crippen LogP contribution is 2.33. The first-order chi connectivity index (χ1) is 10.2. The zero-order chi connectivity index (χ0) is 15.1. The Bertz CT molecular complexity index is 520. The number of hydrogen-bond donors (Lipinski definition) is 3. The van der Waals surface area contributed by atoms with Crippen LogP contribution in [-0.2, 0) is 9.59 Å². The fourth-order valence-electron chi connectivity index (χ4n) is 2.17. The van der Waals surface area contributed by atoms with E-state index in [9.17, 15) is 9.59 Å². The third-order valence-electron chi connectivity index (χ3n) is 3.25. The van der Waals surface area contributed by atoms with Gasteiger partial charge in [-0.3, -0.25) is 9.59 Å². The highest BCUT2D eigenvalue weighted by molar-refractivity contribution is 8.00. The second-order valence-electron chi connectivity index (χ2n) is 5.05. The van der Waals surface area contributed by atoms with Gasteiger partial charge in [-0.25, -0.2) is 0 Å². The van der Waals surface area contributed by atoms with Gasteiger partial charge in [0.2, 0.25) is 11.8 Å². The Labute approximate surface area is 129 Å². The number of carbonyl (C=O) groups excluding carboxylic acids is 2. The van der Waals surface area contributed by atoms with Crippen molar-refractivity contribution in [1.29, 1.82) is 0 Å². The summed E-state index contributed by atoms with van der Waals surface area (Å²) in [6, 6.07) is 5.61. The van der Waals surface area contributed by atoms with Crippen LogP contribution in [0.15, 0.2) is 23.1 Å². The molecule has 4 N–H and O–H groups in total. The summed E-state index contributed by atoms with van der Waals surface area (Å²) in [5.74, 6) is 0.454. The molecule has 0 bridgehead atoms. The molecular formula is C15H21N3O2S. The van der Waals surface area contributed by atoms with Crippen LogP contribution in [0.5, 0.6) is 0 Å². The Kier molecular flexibility index (Phi) is 6.07. The SMILES string of the molecule is NCCCCCCC(=O)Nc1ccc2c(c1)NC(=O)CS2. The Hall–Kier alpha value is -1.53. The summed E-state index contributed by atoms with van der Waals surface area (Å²) in [5, 5.41) is 5.69. The van der Waals surface area contributed by atoms with E-state index < -0.39 is 0 Å². The van der Waals surface area contributed by atoms with Crippen molar-refractivity contribution in [3.8, 4) is 0 Å². The standard InChI is InChI=1S/C15H21N3O2S/c16-8-4-2-1-3-5-14(19)17-11-6-7-13-12(9-11)18-15(20)10-21-13/h6-7,9H,1-5,8,10,16H2,(H,17,19)(H,18,20). The molecule has 0 saturated carbocycles. The van der Waals surface area contributed by atoms with Gasteiger partial charge in [0.15, 0.2) is 0 Å². The summed E-state index contributed by atoms with van der Waals surface area (Å²) >= 11 is 1.51. The monoisotopic (exact) mass is 307 g/mol. The van der Waals surface area contributed by atoms with Crippen molar-refractivity contribution in [2.45, 2.75) is 37.0 Å². The van der Waals surface area contributed by atoms with E-state index in [1.807, 2.05) is 18.2 Å². The smallest absolute Gasteiger partial charge is 0.234 e. The average molecular weight is 307 g/mol. The Balaban J connectivity index is 1.81. The second kappa shape index (κ2) is 8.05. The number of hydrogen-bond acceptors (Lipinski definition) is 4. The first kappa shape index (κ1) is 15.9. The zero-order valence-electron chi connectivity index (χ0n) is 12.0. The van der Waals surface area contributed by atoms with Gasteiger partial charge in [-0.15, -0.1) is 11.8 Å². The van der Waals surface area contributed by atoms with E-state index >= 15 is 0 Å². The van der Waals surface area contributed by atoms with Crippen LogP contribution in [0.4, 0.5) is 11.4 Å². The minimum Gasteiger partial charge on any atom is -0.330 e. The van der Waals surface area contributed by atoms with Gasteiger partial charge >= 0.3 is 0 Å². The van der Waals surface area contributed by atoms with Gasteiger partial charge in [0.1, 0.15) is 0 Å². The van der Waals surface area contributed by atoms with E-state index in [0.717, 1.165) is 42.0 Å². The molecule has 0 aliphatic carbocycles. The number of anilines is 2. The van der Waals surface area contributed by atoms with Crippen LogP contribution in [0, 0.1) is 0 Å². The zero-order valence-corrected chi connectivity index (χ0v) is 12.8. The van der Waals surface area contributed by atoms with Gasteiger partial charge in [0.05, 0.1) is 11.4 Å². The highest BCUT2D eigenvalue weighted by Gasteiger charge is 2.15. The van der Waals surface area contributed by atoms with Crippen LogP contribution >= 0.6 is 11.8 Å². The number of thioether (sulfide) groups is 1. The topological polar surface area (TPSA) is 84.2 Å². The van der Waals surface area contributed by atoms with Crippen molar-refractivity contribution in [3.63, 3.8) is 0 Å². The maximum Gasteiger partial charge on any atom is 0.234 e. The molecule has 5 nitrogen and oxygen atoms in total. The van der Waals surface area contributed by atoms with Gasteiger partial charge in [-0.2, -0.15) is 0 Å². The Morgan fingerprint density at radius 1 is 1.29 bits per heavy atom. The number of carbonyl (C=O) groups is 2. The lowest BCUT2D eigenvalue weighted by molar-refractivity contribution is -0.116. The van der Waals surface area contributed by atoms with Crippen LogP contribution in [-0.4, -0.2) is 24.1 Å². The van der Waals surface area contributed by atoms with Crippen LogP contribution in [0.25, 0.3) is 0 Å². The van der Waals surface area contributed by atoms with Gasteiger partial charge in [-0.05, 0) is 37.6 Å². The third kappa shape index (κ3) is 5.06. The molecule has 114 valence electrons. The Morgan fingerprint density at radius 3 is 2.90 bits per heavy atom. The molecule has 1 aliphatic heterocycles. The number of nitrogens with two attached hydrogens (primary N) is 1. The molecule has 21 heavy (non-hydrogen) atoms. The van der Waals surface area contributed by atoms with Gasteiger partial charge in [0, 0.05) is 17.0 Å². The first-order valence-electron chi connectivity index (χ1n) is 7.25. The van der Waals surface area contributed by atoms with E-state index in [4.69, 9.17) is 5.73 Å². The molecular weight excluding hydrogens is 286 g/mol. The van der Waals surface area contributed by atoms with E-state index in [2.05, 4.69) is 10.6 Å². The molecule has 1 heterocycles. The lowest BCUT2D eigenvalue weighted by Gasteiger charge is -2.17. The minimum absolute atomic E-state index is 0.00381. The predicted molar refractivity (Wildman–Crippen MR) is 86.6 cm³/mol. The lowest BCUT2D eigenvalue weighted by Crippen LogP contribution is -2.19. The summed E-state index contributed by atoms with van der Waals surface area (Å²) in [6.45, 7) is 0.713. The van der Waals surface area contributed by atoms with E-state index in [1.165, 1.54) is 11.8 Å². The molecule has 1 aromatic rings. The molecule has 0 saturated heterocycles. The fraction of sp³-hybridized carbons (Fsp3) is 0.467. The van der Waals surface area contributed by atoms with Gasteiger partial charge < -0.3 is 16.4 Å². The lowest BCUT2D eigenvalue weighted by atomic mass is 10.1. The number of benzene rings is 1. The van der Waals surface area contributed by atoms with Crippen molar-refractivity contribution in [2.24, 2.45) is 5.73 Å². The molecule has 2 rings (SSSR count). The normalized spacial score (nSPS) is 13.5. The number of amides is 2. The number of unbranched alkanes of at least 4 members (excludes halogenated alkanes) is 3. The average Bonchev–Trinajstić information content (AvgIpc) is 2.46. The number of fused-ring (bicyclic) bond motifs is 1. The van der Waals surface area contributed by atoms with Crippen molar-refractivity contribution in [2.75, 3.05) is 22.9 Å². The molecule has 0 unspecified atom stereocenters. The van der Waals surface area contributed by atoms with E-state index in [0.29, 0.717) is 18.7 Å². The second-order valence-corrected chi connectivity index (χ2v) is 6.07. The molecule has 0 spiro atoms. The van der Waals surface area contributed by atoms with Crippen molar-refractivity contribution >= 4 is 35.0 Å². The van der Waals surface area contributed by atoms with Gasteiger partial charge in [0.25, 0.3) is 0 Å². The fourth-order valence-corrected chi connectivity index (χ4v) is 2.96. The Morgan fingerprint density at radius 2 is 2.10 bits per heavy atom. The van der Waals surface area contributed by atoms with Crippen LogP contribution in [0.1, 0.15) is 32.1 Å². The van der Waals surface area contributed by atoms with Crippen molar-refractivity contribution < 1.29 is 9.59 Å². The molecule has 6 heteroatoms. The summed E-state index contributed by atoms with van der Waals surface area (Å²) in [5.41, 5.74) is 6.93. The quantitative estimate of drug-likeness (QED) is 0.676. The minimum atomic E-state index is -0.00381. The van der Waals surface area contributed by atoms with Gasteiger partial charge in [-0.1, -0.05) is 12.8 Å². The number of nitrogens with one attached hydrogen (secondary N) is 2. The maximum atomic E-state index is 11.8. The van der Waals surface area contributed by atoms with Crippen molar-refractivity contribution in [3.05, 3.63) is 18.2 Å².